The molecule has 106 valence electrons. The highest BCUT2D eigenvalue weighted by Crippen LogP contribution is 2.15. The van der Waals surface area contributed by atoms with E-state index in [0.717, 1.165) is 36.0 Å². The Labute approximate surface area is 127 Å². The van der Waals surface area contributed by atoms with Gasteiger partial charge in [-0.25, -0.2) is 4.98 Å². The lowest BCUT2D eigenvalue weighted by Crippen LogP contribution is -2.08. The molecule has 1 aromatic carbocycles. The maximum Gasteiger partial charge on any atom is 0.154 e. The number of hydrogen-bond acceptors (Lipinski definition) is 3. The number of aliphatic imine (C=N–C) groups is 1. The van der Waals surface area contributed by atoms with Gasteiger partial charge < -0.3 is 10.7 Å². The summed E-state index contributed by atoms with van der Waals surface area (Å²) in [7, 11) is 0. The van der Waals surface area contributed by atoms with Crippen molar-refractivity contribution in [2.45, 2.75) is 18.6 Å². The summed E-state index contributed by atoms with van der Waals surface area (Å²) in [5.41, 5.74) is 7.06. The number of thioether (sulfide) groups is 1. The molecule has 0 unspecified atom stereocenters. The summed E-state index contributed by atoms with van der Waals surface area (Å²) in [5, 5.41) is 1.37. The van der Waals surface area contributed by atoms with Crippen LogP contribution in [0.2, 0.25) is 5.02 Å². The Balaban J connectivity index is 1.67. The molecule has 0 saturated heterocycles. The van der Waals surface area contributed by atoms with Gasteiger partial charge in [0.15, 0.2) is 5.17 Å². The second-order valence-corrected chi connectivity index (χ2v) is 5.71. The van der Waals surface area contributed by atoms with Crippen LogP contribution in [-0.2, 0) is 12.2 Å². The topological polar surface area (TPSA) is 67.1 Å². The third-order valence-corrected chi connectivity index (χ3v) is 3.85. The van der Waals surface area contributed by atoms with Gasteiger partial charge in [-0.1, -0.05) is 35.5 Å². The quantitative estimate of drug-likeness (QED) is 0.489. The third kappa shape index (κ3) is 5.27. The summed E-state index contributed by atoms with van der Waals surface area (Å²) in [6.45, 7) is 0.722. The fourth-order valence-electron chi connectivity index (χ4n) is 1.65. The number of rotatable bonds is 6. The van der Waals surface area contributed by atoms with Crippen LogP contribution in [0.15, 0.2) is 41.7 Å². The van der Waals surface area contributed by atoms with Crippen molar-refractivity contribution in [3.8, 4) is 0 Å². The van der Waals surface area contributed by atoms with Crippen LogP contribution in [0.3, 0.4) is 0 Å². The fourth-order valence-corrected chi connectivity index (χ4v) is 2.47. The number of hydrogen-bond donors (Lipinski definition) is 2. The van der Waals surface area contributed by atoms with E-state index in [0.29, 0.717) is 5.17 Å². The molecule has 2 aromatic rings. The predicted octanol–water partition coefficient (Wildman–Crippen LogP) is 3.24. The molecule has 4 nitrogen and oxygen atoms in total. The van der Waals surface area contributed by atoms with Gasteiger partial charge in [0, 0.05) is 36.1 Å². The fraction of sp³-hybridized carbons (Fsp3) is 0.286. The predicted molar refractivity (Wildman–Crippen MR) is 86.1 cm³/mol. The number of halogens is 1. The van der Waals surface area contributed by atoms with Crippen LogP contribution in [0.25, 0.3) is 0 Å². The smallest absolute Gasteiger partial charge is 0.154 e. The molecule has 0 aliphatic heterocycles. The van der Waals surface area contributed by atoms with Gasteiger partial charge in [-0.3, -0.25) is 4.99 Å². The summed E-state index contributed by atoms with van der Waals surface area (Å²) in [5.74, 6) is 1.80. The summed E-state index contributed by atoms with van der Waals surface area (Å²) >= 11 is 7.38. The van der Waals surface area contributed by atoms with Gasteiger partial charge in [0.1, 0.15) is 5.82 Å². The van der Waals surface area contributed by atoms with Crippen LogP contribution >= 0.6 is 23.4 Å². The number of imidazole rings is 1. The van der Waals surface area contributed by atoms with Crippen LogP contribution in [0, 0.1) is 0 Å². The van der Waals surface area contributed by atoms with Crippen LogP contribution in [0.1, 0.15) is 17.8 Å². The summed E-state index contributed by atoms with van der Waals surface area (Å²) < 4.78 is 0. The first-order chi connectivity index (χ1) is 9.74. The standard InChI is InChI=1S/C14H17ClN4S/c15-12-5-3-11(4-6-12)10-20-14(16)19-7-1-2-13-17-8-9-18-13/h3-6,8-9H,1-2,7,10H2,(H2,16,19)(H,17,18). The number of nitrogens with one attached hydrogen (secondary N) is 1. The first-order valence-electron chi connectivity index (χ1n) is 6.39. The van der Waals surface area contributed by atoms with E-state index in [4.69, 9.17) is 17.3 Å². The maximum atomic E-state index is 5.87. The lowest BCUT2D eigenvalue weighted by molar-refractivity contribution is 0.795. The molecule has 0 radical (unpaired) electrons. The minimum atomic E-state index is 0.624. The van der Waals surface area contributed by atoms with E-state index in [9.17, 15) is 0 Å². The molecule has 3 N–H and O–H groups in total. The molecule has 0 aliphatic carbocycles. The molecule has 1 heterocycles. The Bertz CT molecular complexity index is 537. The first kappa shape index (κ1) is 14.9. The minimum absolute atomic E-state index is 0.624. The molecule has 0 atom stereocenters. The summed E-state index contributed by atoms with van der Waals surface area (Å²) in [6, 6.07) is 7.77. The maximum absolute atomic E-state index is 5.87. The first-order valence-corrected chi connectivity index (χ1v) is 7.76. The number of benzene rings is 1. The normalized spacial score (nSPS) is 11.8. The van der Waals surface area contributed by atoms with Gasteiger partial charge in [0.05, 0.1) is 0 Å². The number of nitrogens with zero attached hydrogens (tertiary/aromatic N) is 2. The molecular formula is C14H17ClN4S. The second kappa shape index (κ2) is 7.97. The van der Waals surface area contributed by atoms with Gasteiger partial charge in [-0.2, -0.15) is 0 Å². The molecule has 0 bridgehead atoms. The number of amidine groups is 1. The molecule has 0 fully saturated rings. The zero-order valence-corrected chi connectivity index (χ0v) is 12.6. The highest BCUT2D eigenvalue weighted by Gasteiger charge is 1.98. The van der Waals surface area contributed by atoms with Crippen molar-refractivity contribution in [1.82, 2.24) is 9.97 Å². The largest absolute Gasteiger partial charge is 0.379 e. The van der Waals surface area contributed by atoms with E-state index in [-0.39, 0.29) is 0 Å². The van der Waals surface area contributed by atoms with Gasteiger partial charge >= 0.3 is 0 Å². The molecule has 1 aromatic heterocycles. The Morgan fingerprint density at radius 3 is 2.85 bits per heavy atom. The van der Waals surface area contributed by atoms with Crippen molar-refractivity contribution in [2.75, 3.05) is 6.54 Å². The van der Waals surface area contributed by atoms with E-state index >= 15 is 0 Å². The van der Waals surface area contributed by atoms with Gasteiger partial charge in [-0.05, 0) is 24.1 Å². The Kier molecular flexibility index (Phi) is 5.95. The molecule has 20 heavy (non-hydrogen) atoms. The van der Waals surface area contributed by atoms with Gasteiger partial charge in [-0.15, -0.1) is 0 Å². The van der Waals surface area contributed by atoms with Gasteiger partial charge in [0.25, 0.3) is 0 Å². The molecule has 0 saturated carbocycles. The van der Waals surface area contributed by atoms with E-state index in [1.807, 2.05) is 30.5 Å². The molecule has 2 rings (SSSR count). The lowest BCUT2D eigenvalue weighted by atomic mass is 10.2. The zero-order chi connectivity index (χ0) is 14.2. The number of H-pyrrole nitrogens is 1. The van der Waals surface area contributed by atoms with Crippen LogP contribution < -0.4 is 5.73 Å². The lowest BCUT2D eigenvalue weighted by Gasteiger charge is -2.02. The molecular weight excluding hydrogens is 292 g/mol. The van der Waals surface area contributed by atoms with E-state index < -0.39 is 0 Å². The van der Waals surface area contributed by atoms with Crippen molar-refractivity contribution in [3.05, 3.63) is 53.1 Å². The molecule has 0 spiro atoms. The summed E-state index contributed by atoms with van der Waals surface area (Å²) in [4.78, 5) is 11.6. The van der Waals surface area contributed by atoms with Crippen molar-refractivity contribution in [1.29, 1.82) is 0 Å². The number of aryl methyl sites for hydroxylation is 1. The van der Waals surface area contributed by atoms with Crippen LogP contribution in [-0.4, -0.2) is 21.7 Å². The van der Waals surface area contributed by atoms with Crippen molar-refractivity contribution < 1.29 is 0 Å². The molecule has 0 amide bonds. The number of aromatic amines is 1. The molecule has 6 heteroatoms. The molecule has 0 aliphatic rings. The van der Waals surface area contributed by atoms with E-state index in [2.05, 4.69) is 15.0 Å². The van der Waals surface area contributed by atoms with Crippen molar-refractivity contribution in [2.24, 2.45) is 10.7 Å². The third-order valence-electron chi connectivity index (χ3n) is 2.69. The number of aromatic nitrogens is 2. The van der Waals surface area contributed by atoms with Crippen molar-refractivity contribution >= 4 is 28.5 Å². The summed E-state index contributed by atoms with van der Waals surface area (Å²) in [6.07, 6.45) is 5.42. The monoisotopic (exact) mass is 308 g/mol. The minimum Gasteiger partial charge on any atom is -0.379 e. The average Bonchev–Trinajstić information content (AvgIpc) is 2.96. The average molecular weight is 309 g/mol. The van der Waals surface area contributed by atoms with E-state index in [1.54, 1.807) is 18.0 Å². The van der Waals surface area contributed by atoms with Crippen molar-refractivity contribution in [3.63, 3.8) is 0 Å². The highest BCUT2D eigenvalue weighted by atomic mass is 35.5. The van der Waals surface area contributed by atoms with E-state index in [1.165, 1.54) is 5.56 Å². The second-order valence-electron chi connectivity index (χ2n) is 4.27. The Morgan fingerprint density at radius 1 is 1.35 bits per heavy atom. The Hall–Kier alpha value is -1.46. The van der Waals surface area contributed by atoms with Crippen LogP contribution in [0.4, 0.5) is 0 Å². The number of nitrogens with two attached hydrogens (primary N) is 1. The van der Waals surface area contributed by atoms with Crippen LogP contribution in [0.5, 0.6) is 0 Å². The highest BCUT2D eigenvalue weighted by molar-refractivity contribution is 8.13. The van der Waals surface area contributed by atoms with Gasteiger partial charge in [0.2, 0.25) is 0 Å². The SMILES string of the molecule is NC(=NCCCc1ncc[nH]1)SCc1ccc(Cl)cc1. The Morgan fingerprint density at radius 2 is 2.15 bits per heavy atom. The zero-order valence-electron chi connectivity index (χ0n) is 11.1.